The summed E-state index contributed by atoms with van der Waals surface area (Å²) >= 11 is 0. The van der Waals surface area contributed by atoms with Crippen LogP contribution in [-0.4, -0.2) is 46.7 Å². The SMILES string of the molecule is CC(NC(=O)CC1CCCCC1)C(=O)N(C1CC1)C1CC(=O)NC1=O. The van der Waals surface area contributed by atoms with Crippen LogP contribution in [0.1, 0.15) is 64.7 Å². The Bertz CT molecular complexity index is 567. The maximum atomic E-state index is 12.8. The summed E-state index contributed by atoms with van der Waals surface area (Å²) in [6.07, 6.45) is 7.90. The number of hydrogen-bond acceptors (Lipinski definition) is 4. The van der Waals surface area contributed by atoms with E-state index >= 15 is 0 Å². The van der Waals surface area contributed by atoms with Gasteiger partial charge in [0.25, 0.3) is 0 Å². The Morgan fingerprint density at radius 2 is 1.84 bits per heavy atom. The van der Waals surface area contributed by atoms with Crippen LogP contribution >= 0.6 is 0 Å². The van der Waals surface area contributed by atoms with Crippen molar-refractivity contribution in [3.63, 3.8) is 0 Å². The lowest BCUT2D eigenvalue weighted by Crippen LogP contribution is -2.53. The molecule has 0 aromatic carbocycles. The zero-order valence-electron chi connectivity index (χ0n) is 14.8. The van der Waals surface area contributed by atoms with Gasteiger partial charge in [-0.1, -0.05) is 19.3 Å². The van der Waals surface area contributed by atoms with Crippen molar-refractivity contribution in [1.82, 2.24) is 15.5 Å². The third-order valence-corrected chi connectivity index (χ3v) is 5.42. The zero-order valence-corrected chi connectivity index (χ0v) is 14.8. The third-order valence-electron chi connectivity index (χ3n) is 5.42. The van der Waals surface area contributed by atoms with E-state index in [4.69, 9.17) is 0 Å². The van der Waals surface area contributed by atoms with Crippen LogP contribution in [0.2, 0.25) is 0 Å². The summed E-state index contributed by atoms with van der Waals surface area (Å²) in [4.78, 5) is 50.0. The van der Waals surface area contributed by atoms with Gasteiger partial charge in [-0.15, -0.1) is 0 Å². The highest BCUT2D eigenvalue weighted by Crippen LogP contribution is 2.31. The quantitative estimate of drug-likeness (QED) is 0.696. The van der Waals surface area contributed by atoms with Gasteiger partial charge in [-0.25, -0.2) is 0 Å². The molecule has 4 amide bonds. The van der Waals surface area contributed by atoms with E-state index in [0.717, 1.165) is 25.7 Å². The number of rotatable bonds is 6. The largest absolute Gasteiger partial charge is 0.345 e. The van der Waals surface area contributed by atoms with Crippen LogP contribution in [0.3, 0.4) is 0 Å². The first-order valence-corrected chi connectivity index (χ1v) is 9.41. The molecule has 0 spiro atoms. The first-order chi connectivity index (χ1) is 12.0. The molecule has 2 saturated carbocycles. The molecule has 3 rings (SSSR count). The van der Waals surface area contributed by atoms with Gasteiger partial charge in [0.2, 0.25) is 23.6 Å². The molecule has 138 valence electrons. The Morgan fingerprint density at radius 3 is 2.40 bits per heavy atom. The van der Waals surface area contributed by atoms with E-state index in [1.54, 1.807) is 6.92 Å². The molecule has 2 unspecified atom stereocenters. The summed E-state index contributed by atoms with van der Waals surface area (Å²) in [5, 5.41) is 5.05. The second-order valence-electron chi connectivity index (χ2n) is 7.61. The first kappa shape index (κ1) is 17.9. The van der Waals surface area contributed by atoms with Crippen LogP contribution in [0.5, 0.6) is 0 Å². The van der Waals surface area contributed by atoms with Crippen molar-refractivity contribution in [3.05, 3.63) is 0 Å². The average Bonchev–Trinajstić information content (AvgIpc) is 3.34. The van der Waals surface area contributed by atoms with Crippen LogP contribution in [0.25, 0.3) is 0 Å². The Hall–Kier alpha value is -1.92. The van der Waals surface area contributed by atoms with Crippen molar-refractivity contribution in [1.29, 1.82) is 0 Å². The van der Waals surface area contributed by atoms with Gasteiger partial charge in [0, 0.05) is 12.5 Å². The number of nitrogens with zero attached hydrogens (tertiary/aromatic N) is 1. The monoisotopic (exact) mass is 349 g/mol. The fourth-order valence-electron chi connectivity index (χ4n) is 3.94. The van der Waals surface area contributed by atoms with Crippen LogP contribution < -0.4 is 10.6 Å². The van der Waals surface area contributed by atoms with Crippen molar-refractivity contribution in [2.24, 2.45) is 5.92 Å². The van der Waals surface area contributed by atoms with Crippen LogP contribution in [0, 0.1) is 5.92 Å². The van der Waals surface area contributed by atoms with Crippen molar-refractivity contribution in [3.8, 4) is 0 Å². The summed E-state index contributed by atoms with van der Waals surface area (Å²) < 4.78 is 0. The predicted molar refractivity (Wildman–Crippen MR) is 90.2 cm³/mol. The minimum atomic E-state index is -0.731. The van der Waals surface area contributed by atoms with Gasteiger partial charge in [-0.2, -0.15) is 0 Å². The summed E-state index contributed by atoms with van der Waals surface area (Å²) in [7, 11) is 0. The summed E-state index contributed by atoms with van der Waals surface area (Å²) in [5.41, 5.74) is 0. The summed E-state index contributed by atoms with van der Waals surface area (Å²) in [6.45, 7) is 1.66. The molecule has 0 aromatic rings. The molecule has 1 aliphatic heterocycles. The molecule has 1 heterocycles. The fourth-order valence-corrected chi connectivity index (χ4v) is 3.94. The van der Waals surface area contributed by atoms with Crippen LogP contribution in [0.15, 0.2) is 0 Å². The van der Waals surface area contributed by atoms with Gasteiger partial charge in [0.15, 0.2) is 0 Å². The van der Waals surface area contributed by atoms with E-state index < -0.39 is 18.0 Å². The van der Waals surface area contributed by atoms with Crippen LogP contribution in [-0.2, 0) is 19.2 Å². The van der Waals surface area contributed by atoms with E-state index in [2.05, 4.69) is 10.6 Å². The molecule has 0 radical (unpaired) electrons. The van der Waals surface area contributed by atoms with Crippen LogP contribution in [0.4, 0.5) is 0 Å². The summed E-state index contributed by atoms with van der Waals surface area (Å²) in [5.74, 6) is -0.716. The molecular formula is C18H27N3O4. The average molecular weight is 349 g/mol. The van der Waals surface area contributed by atoms with Crippen molar-refractivity contribution in [2.75, 3.05) is 0 Å². The molecule has 2 N–H and O–H groups in total. The van der Waals surface area contributed by atoms with Crippen molar-refractivity contribution >= 4 is 23.6 Å². The maximum Gasteiger partial charge on any atom is 0.249 e. The molecule has 2 aliphatic carbocycles. The van der Waals surface area contributed by atoms with Gasteiger partial charge in [-0.05, 0) is 38.5 Å². The van der Waals surface area contributed by atoms with Gasteiger partial charge in [0.1, 0.15) is 12.1 Å². The number of carbonyl (C=O) groups excluding carboxylic acids is 4. The van der Waals surface area contributed by atoms with E-state index in [-0.39, 0.29) is 30.2 Å². The third kappa shape index (κ3) is 4.38. The van der Waals surface area contributed by atoms with E-state index in [1.807, 2.05) is 0 Å². The number of carbonyl (C=O) groups is 4. The Labute approximate surface area is 147 Å². The molecule has 1 saturated heterocycles. The second-order valence-corrected chi connectivity index (χ2v) is 7.61. The molecule has 7 nitrogen and oxygen atoms in total. The molecule has 2 atom stereocenters. The standard InChI is InChI=1S/C18H27N3O4/c1-11(19-15(22)9-12-5-3-2-4-6-12)18(25)21(13-7-8-13)14-10-16(23)20-17(14)24/h11-14H,2-10H2,1H3,(H,19,22)(H,20,23,24). The Balaban J connectivity index is 1.56. The van der Waals surface area contributed by atoms with Gasteiger partial charge in [-0.3, -0.25) is 24.5 Å². The molecule has 3 fully saturated rings. The maximum absolute atomic E-state index is 12.8. The number of amides is 4. The van der Waals surface area contributed by atoms with E-state index in [0.29, 0.717) is 12.3 Å². The highest BCUT2D eigenvalue weighted by atomic mass is 16.2. The molecule has 7 heteroatoms. The molecule has 3 aliphatic rings. The fraction of sp³-hybridized carbons (Fsp3) is 0.778. The highest BCUT2D eigenvalue weighted by Gasteiger charge is 2.45. The molecule has 0 aromatic heterocycles. The van der Waals surface area contributed by atoms with Crippen molar-refractivity contribution < 1.29 is 19.2 Å². The lowest BCUT2D eigenvalue weighted by Gasteiger charge is -2.30. The Kier molecular flexibility index (Phi) is 5.39. The van der Waals surface area contributed by atoms with Gasteiger partial charge >= 0.3 is 0 Å². The number of nitrogens with one attached hydrogen (secondary N) is 2. The molecular weight excluding hydrogens is 322 g/mol. The Morgan fingerprint density at radius 1 is 1.16 bits per heavy atom. The number of hydrogen-bond donors (Lipinski definition) is 2. The van der Waals surface area contributed by atoms with Crippen molar-refractivity contribution in [2.45, 2.75) is 82.8 Å². The summed E-state index contributed by atoms with van der Waals surface area (Å²) in [6, 6.07) is -1.41. The highest BCUT2D eigenvalue weighted by molar-refractivity contribution is 6.07. The molecule has 25 heavy (non-hydrogen) atoms. The smallest absolute Gasteiger partial charge is 0.249 e. The lowest BCUT2D eigenvalue weighted by atomic mass is 9.87. The lowest BCUT2D eigenvalue weighted by molar-refractivity contribution is -0.142. The van der Waals surface area contributed by atoms with Gasteiger partial charge < -0.3 is 10.2 Å². The molecule has 0 bridgehead atoms. The first-order valence-electron chi connectivity index (χ1n) is 9.41. The minimum Gasteiger partial charge on any atom is -0.345 e. The topological polar surface area (TPSA) is 95.6 Å². The normalized spacial score (nSPS) is 25.4. The zero-order chi connectivity index (χ0) is 18.0. The number of imide groups is 1. The minimum absolute atomic E-state index is 0.00634. The predicted octanol–water partition coefficient (Wildman–Crippen LogP) is 0.868. The van der Waals surface area contributed by atoms with E-state index in [1.165, 1.54) is 24.2 Å². The van der Waals surface area contributed by atoms with E-state index in [9.17, 15) is 19.2 Å². The second kappa shape index (κ2) is 7.54. The van der Waals surface area contributed by atoms with Gasteiger partial charge in [0.05, 0.1) is 6.42 Å².